The highest BCUT2D eigenvalue weighted by molar-refractivity contribution is 5.83. The number of nitrogens with zero attached hydrogens (tertiary/aromatic N) is 1. The summed E-state index contributed by atoms with van der Waals surface area (Å²) in [6, 6.07) is 0.224. The first-order chi connectivity index (χ1) is 9.58. The molecule has 114 valence electrons. The third kappa shape index (κ3) is 3.95. The zero-order valence-electron chi connectivity index (χ0n) is 12.7. The standard InChI is InChI=1S/C15H27N3O2/c1-11(2)18(10-12-4-3-7-16-8-12)15(20)13-5-6-14(19)17-9-13/h11-13,16H,3-10H2,1-2H3,(H,17,19). The topological polar surface area (TPSA) is 61.4 Å². The molecule has 2 aliphatic rings. The lowest BCUT2D eigenvalue weighted by Crippen LogP contribution is -2.50. The van der Waals surface area contributed by atoms with Crippen LogP contribution in [0.1, 0.15) is 39.5 Å². The molecule has 5 nitrogen and oxygen atoms in total. The molecule has 0 aliphatic carbocycles. The van der Waals surface area contributed by atoms with Crippen LogP contribution < -0.4 is 10.6 Å². The Hall–Kier alpha value is -1.10. The van der Waals surface area contributed by atoms with Crippen LogP contribution in [0.15, 0.2) is 0 Å². The highest BCUT2D eigenvalue weighted by atomic mass is 16.2. The van der Waals surface area contributed by atoms with E-state index in [1.165, 1.54) is 12.8 Å². The first-order valence-corrected chi connectivity index (χ1v) is 7.86. The number of amides is 2. The van der Waals surface area contributed by atoms with Crippen molar-refractivity contribution in [2.75, 3.05) is 26.2 Å². The van der Waals surface area contributed by atoms with E-state index in [0.717, 1.165) is 19.6 Å². The molecule has 0 aromatic rings. The smallest absolute Gasteiger partial charge is 0.227 e. The van der Waals surface area contributed by atoms with Crippen molar-refractivity contribution in [3.63, 3.8) is 0 Å². The number of carbonyl (C=O) groups excluding carboxylic acids is 2. The van der Waals surface area contributed by atoms with Crippen LogP contribution in [0.2, 0.25) is 0 Å². The maximum atomic E-state index is 12.7. The summed E-state index contributed by atoms with van der Waals surface area (Å²) in [5.41, 5.74) is 0. The van der Waals surface area contributed by atoms with Gasteiger partial charge in [0.2, 0.25) is 11.8 Å². The number of hydrogen-bond acceptors (Lipinski definition) is 3. The van der Waals surface area contributed by atoms with E-state index in [4.69, 9.17) is 0 Å². The van der Waals surface area contributed by atoms with Crippen molar-refractivity contribution in [2.24, 2.45) is 11.8 Å². The van der Waals surface area contributed by atoms with Crippen LogP contribution in [0, 0.1) is 11.8 Å². The fraction of sp³-hybridized carbons (Fsp3) is 0.867. The molecule has 2 aliphatic heterocycles. The van der Waals surface area contributed by atoms with Crippen molar-refractivity contribution in [1.29, 1.82) is 0 Å². The van der Waals surface area contributed by atoms with E-state index in [0.29, 0.717) is 25.3 Å². The van der Waals surface area contributed by atoms with Gasteiger partial charge in [-0.15, -0.1) is 0 Å². The van der Waals surface area contributed by atoms with E-state index in [1.54, 1.807) is 0 Å². The summed E-state index contributed by atoms with van der Waals surface area (Å²) >= 11 is 0. The molecule has 0 radical (unpaired) electrons. The second-order valence-corrected chi connectivity index (χ2v) is 6.34. The van der Waals surface area contributed by atoms with Gasteiger partial charge in [-0.2, -0.15) is 0 Å². The normalized spacial score (nSPS) is 27.2. The average molecular weight is 281 g/mol. The first-order valence-electron chi connectivity index (χ1n) is 7.86. The van der Waals surface area contributed by atoms with Crippen LogP contribution in [0.3, 0.4) is 0 Å². The average Bonchev–Trinajstić information content (AvgIpc) is 2.45. The Balaban J connectivity index is 1.92. The minimum atomic E-state index is -0.0355. The second kappa shape index (κ2) is 7.07. The maximum absolute atomic E-state index is 12.7. The summed E-state index contributed by atoms with van der Waals surface area (Å²) in [6.45, 7) is 7.61. The van der Waals surface area contributed by atoms with Gasteiger partial charge in [0.1, 0.15) is 0 Å². The summed E-state index contributed by atoms with van der Waals surface area (Å²) in [5.74, 6) is 0.812. The molecule has 0 saturated carbocycles. The van der Waals surface area contributed by atoms with Crippen LogP contribution in [0.25, 0.3) is 0 Å². The van der Waals surface area contributed by atoms with Crippen LogP contribution in [0.5, 0.6) is 0 Å². The molecule has 2 heterocycles. The molecule has 0 bridgehead atoms. The fourth-order valence-corrected chi connectivity index (χ4v) is 3.09. The zero-order chi connectivity index (χ0) is 14.5. The molecule has 2 unspecified atom stereocenters. The largest absolute Gasteiger partial charge is 0.355 e. The van der Waals surface area contributed by atoms with Crippen LogP contribution in [0.4, 0.5) is 0 Å². The van der Waals surface area contributed by atoms with Crippen LogP contribution >= 0.6 is 0 Å². The molecule has 0 aromatic carbocycles. The van der Waals surface area contributed by atoms with Gasteiger partial charge in [0.25, 0.3) is 0 Å². The third-order valence-electron chi connectivity index (χ3n) is 4.37. The first kappa shape index (κ1) is 15.3. The van der Waals surface area contributed by atoms with Crippen molar-refractivity contribution in [3.05, 3.63) is 0 Å². The van der Waals surface area contributed by atoms with Crippen molar-refractivity contribution >= 4 is 11.8 Å². The molecule has 2 fully saturated rings. The van der Waals surface area contributed by atoms with E-state index < -0.39 is 0 Å². The van der Waals surface area contributed by atoms with Gasteiger partial charge in [-0.1, -0.05) is 0 Å². The Kier molecular flexibility index (Phi) is 5.40. The molecule has 20 heavy (non-hydrogen) atoms. The molecule has 2 amide bonds. The molecule has 0 spiro atoms. The van der Waals surface area contributed by atoms with Crippen molar-refractivity contribution in [3.8, 4) is 0 Å². The maximum Gasteiger partial charge on any atom is 0.227 e. The Morgan fingerprint density at radius 3 is 2.70 bits per heavy atom. The fourth-order valence-electron chi connectivity index (χ4n) is 3.09. The molecule has 5 heteroatoms. The molecule has 2 rings (SSSR count). The lowest BCUT2D eigenvalue weighted by molar-refractivity contribution is -0.139. The van der Waals surface area contributed by atoms with Gasteiger partial charge in [0.15, 0.2) is 0 Å². The van der Waals surface area contributed by atoms with Crippen LogP contribution in [-0.4, -0.2) is 48.9 Å². The SMILES string of the molecule is CC(C)N(CC1CCCNC1)C(=O)C1CCC(=O)NC1. The van der Waals surface area contributed by atoms with E-state index in [2.05, 4.69) is 24.5 Å². The van der Waals surface area contributed by atoms with Gasteiger partial charge >= 0.3 is 0 Å². The quantitative estimate of drug-likeness (QED) is 0.799. The van der Waals surface area contributed by atoms with Gasteiger partial charge in [0.05, 0.1) is 5.92 Å². The van der Waals surface area contributed by atoms with Crippen LogP contribution in [-0.2, 0) is 9.59 Å². The van der Waals surface area contributed by atoms with Gasteiger partial charge in [-0.25, -0.2) is 0 Å². The second-order valence-electron chi connectivity index (χ2n) is 6.34. The summed E-state index contributed by atoms with van der Waals surface area (Å²) in [7, 11) is 0. The number of carbonyl (C=O) groups is 2. The van der Waals surface area contributed by atoms with E-state index in [1.807, 2.05) is 4.90 Å². The highest BCUT2D eigenvalue weighted by Crippen LogP contribution is 2.19. The van der Waals surface area contributed by atoms with E-state index in [9.17, 15) is 9.59 Å². The third-order valence-corrected chi connectivity index (χ3v) is 4.37. The molecule has 0 aromatic heterocycles. The lowest BCUT2D eigenvalue weighted by atomic mass is 9.94. The number of piperidine rings is 2. The minimum Gasteiger partial charge on any atom is -0.355 e. The van der Waals surface area contributed by atoms with E-state index >= 15 is 0 Å². The summed E-state index contributed by atoms with van der Waals surface area (Å²) < 4.78 is 0. The van der Waals surface area contributed by atoms with Gasteiger partial charge in [0, 0.05) is 25.6 Å². The molecule has 2 atom stereocenters. The van der Waals surface area contributed by atoms with Gasteiger partial charge in [-0.3, -0.25) is 9.59 Å². The predicted octanol–water partition coefficient (Wildman–Crippen LogP) is 0.749. The predicted molar refractivity (Wildman–Crippen MR) is 78.2 cm³/mol. The molecule has 2 N–H and O–H groups in total. The van der Waals surface area contributed by atoms with Crippen molar-refractivity contribution < 1.29 is 9.59 Å². The van der Waals surface area contributed by atoms with Crippen molar-refractivity contribution in [1.82, 2.24) is 15.5 Å². The Labute approximate surface area is 121 Å². The van der Waals surface area contributed by atoms with Crippen molar-refractivity contribution in [2.45, 2.75) is 45.6 Å². The number of nitrogens with one attached hydrogen (secondary N) is 2. The summed E-state index contributed by atoms with van der Waals surface area (Å²) in [5, 5.41) is 6.22. The number of rotatable bonds is 4. The van der Waals surface area contributed by atoms with Gasteiger partial charge in [-0.05, 0) is 52.1 Å². The summed E-state index contributed by atoms with van der Waals surface area (Å²) in [4.78, 5) is 25.9. The Morgan fingerprint density at radius 1 is 1.35 bits per heavy atom. The lowest BCUT2D eigenvalue weighted by Gasteiger charge is -2.36. The molecular weight excluding hydrogens is 254 g/mol. The Bertz CT molecular complexity index is 341. The molecule has 2 saturated heterocycles. The zero-order valence-corrected chi connectivity index (χ0v) is 12.7. The monoisotopic (exact) mass is 281 g/mol. The Morgan fingerprint density at radius 2 is 2.15 bits per heavy atom. The highest BCUT2D eigenvalue weighted by Gasteiger charge is 2.31. The van der Waals surface area contributed by atoms with Gasteiger partial charge < -0.3 is 15.5 Å². The summed E-state index contributed by atoms with van der Waals surface area (Å²) in [6.07, 6.45) is 3.57. The van der Waals surface area contributed by atoms with E-state index in [-0.39, 0.29) is 23.8 Å². The number of hydrogen-bond donors (Lipinski definition) is 2. The minimum absolute atomic E-state index is 0.0355. The molecular formula is C15H27N3O2.